The summed E-state index contributed by atoms with van der Waals surface area (Å²) in [4.78, 5) is 23.4. The maximum absolute atomic E-state index is 12.0. The molecule has 0 radical (unpaired) electrons. The van der Waals surface area contributed by atoms with Crippen LogP contribution in [0.25, 0.3) is 11.5 Å². The molecule has 1 aromatic carbocycles. The maximum Gasteiger partial charge on any atom is 0.324 e. The van der Waals surface area contributed by atoms with E-state index in [1.165, 1.54) is 12.1 Å². The molecule has 3 aromatic rings. The number of hydrogen-bond donors (Lipinski definition) is 1. The third-order valence-corrected chi connectivity index (χ3v) is 4.76. The van der Waals surface area contributed by atoms with Gasteiger partial charge < -0.3 is 4.42 Å². The fourth-order valence-corrected chi connectivity index (χ4v) is 2.95. The average molecular weight is 362 g/mol. The SMILES string of the molecule is CSc1ccc(-c2nnc(NC(=O)c3ccc([N+](=O)[O-])s3)o2)cc1. The van der Waals surface area contributed by atoms with Crippen molar-refractivity contribution in [3.63, 3.8) is 0 Å². The molecule has 0 atom stereocenters. The zero-order valence-corrected chi connectivity index (χ0v) is 13.9. The first-order chi connectivity index (χ1) is 11.6. The van der Waals surface area contributed by atoms with Gasteiger partial charge in [-0.25, -0.2) is 0 Å². The highest BCUT2D eigenvalue weighted by Gasteiger charge is 2.17. The second-order valence-corrected chi connectivity index (χ2v) is 6.43. The second kappa shape index (κ2) is 6.81. The van der Waals surface area contributed by atoms with Crippen molar-refractivity contribution in [2.45, 2.75) is 4.90 Å². The van der Waals surface area contributed by atoms with E-state index in [-0.39, 0.29) is 21.8 Å². The fraction of sp³-hybridized carbons (Fsp3) is 0.0714. The fourth-order valence-electron chi connectivity index (χ4n) is 1.83. The van der Waals surface area contributed by atoms with Gasteiger partial charge in [0, 0.05) is 16.5 Å². The largest absolute Gasteiger partial charge is 0.403 e. The topological polar surface area (TPSA) is 111 Å². The van der Waals surface area contributed by atoms with Crippen LogP contribution in [-0.4, -0.2) is 27.3 Å². The number of nitrogens with one attached hydrogen (secondary N) is 1. The van der Waals surface area contributed by atoms with E-state index in [1.807, 2.05) is 30.5 Å². The monoisotopic (exact) mass is 362 g/mol. The van der Waals surface area contributed by atoms with Gasteiger partial charge in [-0.15, -0.1) is 16.9 Å². The molecule has 0 spiro atoms. The molecule has 24 heavy (non-hydrogen) atoms. The van der Waals surface area contributed by atoms with Crippen molar-refractivity contribution < 1.29 is 14.1 Å². The summed E-state index contributed by atoms with van der Waals surface area (Å²) in [7, 11) is 0. The lowest BCUT2D eigenvalue weighted by Gasteiger charge is -1.98. The molecule has 122 valence electrons. The maximum atomic E-state index is 12.0. The van der Waals surface area contributed by atoms with E-state index in [9.17, 15) is 14.9 Å². The van der Waals surface area contributed by atoms with E-state index in [4.69, 9.17) is 4.42 Å². The van der Waals surface area contributed by atoms with Crippen LogP contribution in [0.5, 0.6) is 0 Å². The Kier molecular flexibility index (Phi) is 4.58. The van der Waals surface area contributed by atoms with Crippen molar-refractivity contribution in [2.24, 2.45) is 0 Å². The molecular weight excluding hydrogens is 352 g/mol. The number of hydrogen-bond acceptors (Lipinski definition) is 8. The minimum absolute atomic E-state index is 0.0694. The van der Waals surface area contributed by atoms with Crippen molar-refractivity contribution in [1.29, 1.82) is 0 Å². The summed E-state index contributed by atoms with van der Waals surface area (Å²) >= 11 is 2.39. The molecule has 0 saturated carbocycles. The highest BCUT2D eigenvalue weighted by Crippen LogP contribution is 2.26. The van der Waals surface area contributed by atoms with Crippen molar-refractivity contribution in [1.82, 2.24) is 10.2 Å². The van der Waals surface area contributed by atoms with Crippen LogP contribution in [-0.2, 0) is 0 Å². The Morgan fingerprint density at radius 2 is 2.00 bits per heavy atom. The molecule has 3 rings (SSSR count). The molecule has 0 saturated heterocycles. The Bertz CT molecular complexity index is 888. The van der Waals surface area contributed by atoms with Gasteiger partial charge in [-0.05, 0) is 36.6 Å². The average Bonchev–Trinajstić information content (AvgIpc) is 3.24. The standard InChI is InChI=1S/C14H10N4O4S2/c1-23-9-4-2-8(3-5-9)13-16-17-14(22-13)15-12(19)10-6-7-11(24-10)18(20)21/h2-7H,1H3,(H,15,17,19). The van der Waals surface area contributed by atoms with Crippen molar-refractivity contribution >= 4 is 40.0 Å². The lowest BCUT2D eigenvalue weighted by Crippen LogP contribution is -2.10. The number of nitro groups is 1. The van der Waals surface area contributed by atoms with Crippen LogP contribution in [0.2, 0.25) is 0 Å². The summed E-state index contributed by atoms with van der Waals surface area (Å²) in [6.07, 6.45) is 1.98. The smallest absolute Gasteiger partial charge is 0.324 e. The van der Waals surface area contributed by atoms with E-state index in [2.05, 4.69) is 15.5 Å². The molecule has 0 unspecified atom stereocenters. The second-order valence-electron chi connectivity index (χ2n) is 4.49. The van der Waals surface area contributed by atoms with Crippen molar-refractivity contribution in [3.05, 3.63) is 51.4 Å². The van der Waals surface area contributed by atoms with Gasteiger partial charge in [-0.1, -0.05) is 16.4 Å². The number of carbonyl (C=O) groups excluding carboxylic acids is 1. The van der Waals surface area contributed by atoms with Crippen LogP contribution < -0.4 is 5.32 Å². The molecule has 8 nitrogen and oxygen atoms in total. The third-order valence-electron chi connectivity index (χ3n) is 2.98. The van der Waals surface area contributed by atoms with Crippen LogP contribution in [0, 0.1) is 10.1 Å². The molecular formula is C14H10N4O4S2. The normalized spacial score (nSPS) is 10.5. The van der Waals surface area contributed by atoms with E-state index >= 15 is 0 Å². The zero-order valence-electron chi connectivity index (χ0n) is 12.3. The number of nitrogens with zero attached hydrogens (tertiary/aromatic N) is 3. The van der Waals surface area contributed by atoms with E-state index in [0.29, 0.717) is 0 Å². The molecule has 10 heteroatoms. The van der Waals surface area contributed by atoms with Crippen LogP contribution in [0.15, 0.2) is 45.7 Å². The van der Waals surface area contributed by atoms with Crippen LogP contribution in [0.3, 0.4) is 0 Å². The Balaban J connectivity index is 1.72. The molecule has 2 heterocycles. The number of benzene rings is 1. The van der Waals surface area contributed by atoms with Crippen molar-refractivity contribution in [3.8, 4) is 11.5 Å². The minimum atomic E-state index is -0.551. The molecule has 2 aromatic heterocycles. The van der Waals surface area contributed by atoms with Crippen LogP contribution in [0.1, 0.15) is 9.67 Å². The molecule has 0 fully saturated rings. The number of thiophene rings is 1. The van der Waals surface area contributed by atoms with Gasteiger partial charge in [0.25, 0.3) is 5.91 Å². The summed E-state index contributed by atoms with van der Waals surface area (Å²) in [5.74, 6) is -0.267. The Labute approximate surface area is 144 Å². The van der Waals surface area contributed by atoms with Crippen LogP contribution >= 0.6 is 23.1 Å². The number of rotatable bonds is 5. The van der Waals surface area contributed by atoms with Gasteiger partial charge in [-0.3, -0.25) is 20.2 Å². The van der Waals surface area contributed by atoms with Gasteiger partial charge >= 0.3 is 11.0 Å². The van der Waals surface area contributed by atoms with Gasteiger partial charge in [0.1, 0.15) is 0 Å². The minimum Gasteiger partial charge on any atom is -0.403 e. The van der Waals surface area contributed by atoms with E-state index in [0.717, 1.165) is 21.8 Å². The quantitative estimate of drug-likeness (QED) is 0.418. The lowest BCUT2D eigenvalue weighted by atomic mass is 10.2. The van der Waals surface area contributed by atoms with Gasteiger partial charge in [-0.2, -0.15) is 0 Å². The Morgan fingerprint density at radius 3 is 2.62 bits per heavy atom. The molecule has 0 bridgehead atoms. The zero-order chi connectivity index (χ0) is 17.1. The summed E-state index contributed by atoms with van der Waals surface area (Å²) < 4.78 is 5.40. The summed E-state index contributed by atoms with van der Waals surface area (Å²) in [5.41, 5.74) is 0.729. The predicted molar refractivity (Wildman–Crippen MR) is 90.4 cm³/mol. The number of amides is 1. The van der Waals surface area contributed by atoms with Gasteiger partial charge in [0.15, 0.2) is 0 Å². The highest BCUT2D eigenvalue weighted by molar-refractivity contribution is 7.98. The first-order valence-corrected chi connectivity index (χ1v) is 8.64. The first-order valence-electron chi connectivity index (χ1n) is 6.60. The Hall–Kier alpha value is -2.72. The van der Waals surface area contributed by atoms with Crippen molar-refractivity contribution in [2.75, 3.05) is 11.6 Å². The highest BCUT2D eigenvalue weighted by atomic mass is 32.2. The van der Waals surface area contributed by atoms with Gasteiger partial charge in [0.05, 0.1) is 9.80 Å². The summed E-state index contributed by atoms with van der Waals surface area (Å²) in [6.45, 7) is 0. The lowest BCUT2D eigenvalue weighted by molar-refractivity contribution is -0.380. The molecule has 1 amide bonds. The first kappa shape index (κ1) is 16.1. The number of aromatic nitrogens is 2. The van der Waals surface area contributed by atoms with Crippen LogP contribution in [0.4, 0.5) is 11.0 Å². The predicted octanol–water partition coefficient (Wildman–Crippen LogP) is 3.68. The van der Waals surface area contributed by atoms with E-state index in [1.54, 1.807) is 11.8 Å². The van der Waals surface area contributed by atoms with Gasteiger partial charge in [0.2, 0.25) is 5.89 Å². The number of thioether (sulfide) groups is 1. The third kappa shape index (κ3) is 3.44. The Morgan fingerprint density at radius 1 is 1.25 bits per heavy atom. The molecule has 0 aliphatic heterocycles. The molecule has 1 N–H and O–H groups in total. The number of anilines is 1. The summed E-state index contributed by atoms with van der Waals surface area (Å²) in [5, 5.41) is 20.6. The summed E-state index contributed by atoms with van der Waals surface area (Å²) in [6, 6.07) is 10.1. The van der Waals surface area contributed by atoms with E-state index < -0.39 is 10.8 Å². The number of carbonyl (C=O) groups is 1. The molecule has 0 aliphatic rings. The molecule has 0 aliphatic carbocycles.